The Morgan fingerprint density at radius 1 is 1.53 bits per heavy atom. The van der Waals surface area contributed by atoms with Crippen molar-refractivity contribution in [2.24, 2.45) is 0 Å². The summed E-state index contributed by atoms with van der Waals surface area (Å²) in [7, 11) is 0. The number of nitrogens with one attached hydrogen (secondary N) is 1. The Morgan fingerprint density at radius 3 is 2.71 bits per heavy atom. The topological polar surface area (TPSA) is 55.4 Å². The Morgan fingerprint density at radius 2 is 2.18 bits per heavy atom. The summed E-state index contributed by atoms with van der Waals surface area (Å²) in [5, 5.41) is 2.21. The summed E-state index contributed by atoms with van der Waals surface area (Å²) in [4.78, 5) is 22.4. The van der Waals surface area contributed by atoms with Crippen LogP contribution in [-0.2, 0) is 14.3 Å². The molecule has 0 saturated carbocycles. The minimum absolute atomic E-state index is 0.0190. The van der Waals surface area contributed by atoms with E-state index in [4.69, 9.17) is 11.6 Å². The van der Waals surface area contributed by atoms with Gasteiger partial charge in [-0.2, -0.15) is 0 Å². The van der Waals surface area contributed by atoms with Gasteiger partial charge in [0.2, 0.25) is 0 Å². The standard InChI is InChI=1S/C10H8BrClFNO3/c1-2-17-10(16)9(15)14-8-6(11)3-5(13)4-7(8)12/h3-4H,2H2,1H3,(H,14,15). The molecule has 0 bridgehead atoms. The van der Waals surface area contributed by atoms with Crippen LogP contribution in [-0.4, -0.2) is 18.5 Å². The largest absolute Gasteiger partial charge is 0.459 e. The van der Waals surface area contributed by atoms with Crippen LogP contribution in [0.25, 0.3) is 0 Å². The highest BCUT2D eigenvalue weighted by atomic mass is 79.9. The van der Waals surface area contributed by atoms with Crippen molar-refractivity contribution in [3.63, 3.8) is 0 Å². The summed E-state index contributed by atoms with van der Waals surface area (Å²) in [6, 6.07) is 2.14. The van der Waals surface area contributed by atoms with Gasteiger partial charge in [-0.15, -0.1) is 0 Å². The minimum atomic E-state index is -1.03. The number of rotatable bonds is 2. The molecule has 17 heavy (non-hydrogen) atoms. The van der Waals surface area contributed by atoms with Gasteiger partial charge in [0.1, 0.15) is 5.82 Å². The molecule has 0 aromatic heterocycles. The Balaban J connectivity index is 2.89. The molecule has 0 unspecified atom stereocenters. The third-order valence-electron chi connectivity index (χ3n) is 1.71. The first kappa shape index (κ1) is 13.9. The van der Waals surface area contributed by atoms with Crippen LogP contribution in [0.2, 0.25) is 5.02 Å². The molecular weight excluding hydrogens is 316 g/mol. The third kappa shape index (κ3) is 3.67. The number of anilines is 1. The molecule has 0 fully saturated rings. The van der Waals surface area contributed by atoms with Gasteiger partial charge in [0.05, 0.1) is 17.3 Å². The zero-order valence-corrected chi connectivity index (χ0v) is 11.1. The number of amides is 1. The van der Waals surface area contributed by atoms with Crippen molar-refractivity contribution >= 4 is 45.1 Å². The van der Waals surface area contributed by atoms with Gasteiger partial charge in [-0.05, 0) is 35.0 Å². The molecule has 0 atom stereocenters. The van der Waals surface area contributed by atoms with E-state index in [2.05, 4.69) is 26.0 Å². The summed E-state index contributed by atoms with van der Waals surface area (Å²) in [6.07, 6.45) is 0. The molecule has 0 spiro atoms. The quantitative estimate of drug-likeness (QED) is 0.672. The van der Waals surface area contributed by atoms with Gasteiger partial charge in [0.25, 0.3) is 0 Å². The fraction of sp³-hybridized carbons (Fsp3) is 0.200. The number of carbonyl (C=O) groups excluding carboxylic acids is 2. The maximum atomic E-state index is 12.9. The SMILES string of the molecule is CCOC(=O)C(=O)Nc1c(Cl)cc(F)cc1Br. The van der Waals surface area contributed by atoms with E-state index in [9.17, 15) is 14.0 Å². The maximum Gasteiger partial charge on any atom is 0.397 e. The van der Waals surface area contributed by atoms with E-state index >= 15 is 0 Å². The number of hydrogen-bond acceptors (Lipinski definition) is 3. The van der Waals surface area contributed by atoms with Crippen LogP contribution < -0.4 is 5.32 Å². The number of halogens is 3. The normalized spacial score (nSPS) is 9.88. The summed E-state index contributed by atoms with van der Waals surface area (Å²) in [5.41, 5.74) is 0.117. The van der Waals surface area contributed by atoms with Gasteiger partial charge >= 0.3 is 11.9 Å². The van der Waals surface area contributed by atoms with E-state index < -0.39 is 17.7 Å². The molecular formula is C10H8BrClFNO3. The first-order valence-corrected chi connectivity index (χ1v) is 5.75. The van der Waals surface area contributed by atoms with E-state index in [1.165, 1.54) is 0 Å². The highest BCUT2D eigenvalue weighted by Gasteiger charge is 2.18. The summed E-state index contributed by atoms with van der Waals surface area (Å²) >= 11 is 8.75. The molecule has 0 heterocycles. The number of ether oxygens (including phenoxy) is 1. The van der Waals surface area contributed by atoms with E-state index in [1.807, 2.05) is 0 Å². The second-order valence-corrected chi connectivity index (χ2v) is 4.18. The van der Waals surface area contributed by atoms with Crippen LogP contribution in [0.1, 0.15) is 6.92 Å². The lowest BCUT2D eigenvalue weighted by Crippen LogP contribution is -2.25. The van der Waals surface area contributed by atoms with Crippen LogP contribution in [0, 0.1) is 5.82 Å². The van der Waals surface area contributed by atoms with Crippen molar-refractivity contribution in [1.29, 1.82) is 0 Å². The Kier molecular flexibility index (Phi) is 4.89. The van der Waals surface area contributed by atoms with E-state index in [0.717, 1.165) is 12.1 Å². The highest BCUT2D eigenvalue weighted by molar-refractivity contribution is 9.10. The third-order valence-corrected chi connectivity index (χ3v) is 2.63. The van der Waals surface area contributed by atoms with Crippen LogP contribution in [0.3, 0.4) is 0 Å². The first-order valence-electron chi connectivity index (χ1n) is 4.58. The van der Waals surface area contributed by atoms with Crippen LogP contribution in [0.4, 0.5) is 10.1 Å². The molecule has 1 aromatic carbocycles. The van der Waals surface area contributed by atoms with E-state index in [1.54, 1.807) is 6.92 Å². The zero-order valence-electron chi connectivity index (χ0n) is 8.72. The average molecular weight is 325 g/mol. The molecule has 0 saturated heterocycles. The van der Waals surface area contributed by atoms with Gasteiger partial charge in [-0.25, -0.2) is 9.18 Å². The summed E-state index contributed by atoms with van der Waals surface area (Å²) in [5.74, 6) is -2.56. The van der Waals surface area contributed by atoms with E-state index in [0.29, 0.717) is 0 Å². The van der Waals surface area contributed by atoms with Crippen molar-refractivity contribution in [3.8, 4) is 0 Å². The average Bonchev–Trinajstić information content (AvgIpc) is 2.23. The highest BCUT2D eigenvalue weighted by Crippen LogP contribution is 2.31. The Hall–Kier alpha value is -1.14. The molecule has 1 N–H and O–H groups in total. The number of benzene rings is 1. The summed E-state index contributed by atoms with van der Waals surface area (Å²) in [6.45, 7) is 1.66. The lowest BCUT2D eigenvalue weighted by atomic mass is 10.3. The van der Waals surface area contributed by atoms with Gasteiger partial charge in [0, 0.05) is 4.47 Å². The number of carbonyl (C=O) groups is 2. The molecule has 1 amide bonds. The number of esters is 1. The monoisotopic (exact) mass is 323 g/mol. The smallest absolute Gasteiger partial charge is 0.397 e. The second kappa shape index (κ2) is 5.97. The molecule has 0 aliphatic heterocycles. The molecule has 1 aromatic rings. The molecule has 0 aliphatic carbocycles. The molecule has 92 valence electrons. The summed E-state index contributed by atoms with van der Waals surface area (Å²) < 4.78 is 17.6. The van der Waals surface area contributed by atoms with Gasteiger partial charge < -0.3 is 10.1 Å². The maximum absolute atomic E-state index is 12.9. The second-order valence-electron chi connectivity index (χ2n) is 2.92. The Labute approximate surface area is 110 Å². The van der Waals surface area contributed by atoms with Gasteiger partial charge in [-0.1, -0.05) is 11.6 Å². The fourth-order valence-corrected chi connectivity index (χ4v) is 1.92. The molecule has 0 radical (unpaired) electrons. The van der Waals surface area contributed by atoms with E-state index in [-0.39, 0.29) is 21.8 Å². The molecule has 1 rings (SSSR count). The molecule has 0 aliphatic rings. The van der Waals surface area contributed by atoms with Crippen molar-refractivity contribution in [2.75, 3.05) is 11.9 Å². The predicted octanol–water partition coefficient (Wildman–Crippen LogP) is 2.74. The predicted molar refractivity (Wildman–Crippen MR) is 64.4 cm³/mol. The number of hydrogen-bond donors (Lipinski definition) is 1. The van der Waals surface area contributed by atoms with Crippen molar-refractivity contribution in [2.45, 2.75) is 6.92 Å². The van der Waals surface area contributed by atoms with Crippen LogP contribution in [0.5, 0.6) is 0 Å². The lowest BCUT2D eigenvalue weighted by molar-refractivity contribution is -0.152. The molecule has 7 heteroatoms. The van der Waals surface area contributed by atoms with Crippen LogP contribution in [0.15, 0.2) is 16.6 Å². The van der Waals surface area contributed by atoms with Gasteiger partial charge in [-0.3, -0.25) is 4.79 Å². The fourth-order valence-electron chi connectivity index (χ4n) is 1.02. The first-order chi connectivity index (χ1) is 7.95. The Bertz CT molecular complexity index is 444. The van der Waals surface area contributed by atoms with Crippen molar-refractivity contribution in [1.82, 2.24) is 0 Å². The van der Waals surface area contributed by atoms with Crippen LogP contribution >= 0.6 is 27.5 Å². The van der Waals surface area contributed by atoms with Gasteiger partial charge in [0.15, 0.2) is 0 Å². The zero-order chi connectivity index (χ0) is 13.0. The lowest BCUT2D eigenvalue weighted by Gasteiger charge is -2.08. The van der Waals surface area contributed by atoms with Crippen molar-refractivity contribution in [3.05, 3.63) is 27.4 Å². The minimum Gasteiger partial charge on any atom is -0.459 e. The molecule has 4 nitrogen and oxygen atoms in total. The van der Waals surface area contributed by atoms with Crippen molar-refractivity contribution < 1.29 is 18.7 Å².